The molecule has 1 atom stereocenters. The molecule has 32 heavy (non-hydrogen) atoms. The number of carbonyl (C=O) groups is 3. The van der Waals surface area contributed by atoms with E-state index in [-0.39, 0.29) is 37.0 Å². The standard InChI is InChI=1S/C22H27ClN4O5/c1-4-32-20(29)17-12-18-19(28)26(13-15-6-8-16(23)9-7-15)22(2,14-27(18)25-17)21(30)24-10-5-11-31-3/h6-9,12H,4-5,10-11,13-14H2,1-3H3,(H,24,30)/t22-/m0/s1. The van der Waals surface area contributed by atoms with E-state index in [4.69, 9.17) is 21.1 Å². The van der Waals surface area contributed by atoms with Crippen molar-refractivity contribution in [3.8, 4) is 0 Å². The van der Waals surface area contributed by atoms with Crippen molar-refractivity contribution < 1.29 is 23.9 Å². The van der Waals surface area contributed by atoms with Crippen LogP contribution in [-0.4, -0.2) is 64.9 Å². The second kappa shape index (κ2) is 10.1. The van der Waals surface area contributed by atoms with Crippen LogP contribution in [0.5, 0.6) is 0 Å². The highest BCUT2D eigenvalue weighted by atomic mass is 35.5. The number of benzene rings is 1. The zero-order valence-electron chi connectivity index (χ0n) is 18.4. The Morgan fingerprint density at radius 1 is 1.28 bits per heavy atom. The third kappa shape index (κ3) is 4.94. The van der Waals surface area contributed by atoms with Crippen molar-refractivity contribution in [3.05, 3.63) is 52.3 Å². The van der Waals surface area contributed by atoms with Crippen molar-refractivity contribution >= 4 is 29.4 Å². The number of amides is 2. The molecule has 1 aromatic heterocycles. The van der Waals surface area contributed by atoms with E-state index in [0.717, 1.165) is 5.56 Å². The molecule has 2 amide bonds. The van der Waals surface area contributed by atoms with Crippen LogP contribution in [0.3, 0.4) is 0 Å². The molecule has 1 aliphatic heterocycles. The number of carbonyl (C=O) groups excluding carboxylic acids is 3. The zero-order chi connectivity index (χ0) is 23.3. The fourth-order valence-electron chi connectivity index (χ4n) is 3.58. The number of methoxy groups -OCH3 is 1. The van der Waals surface area contributed by atoms with Gasteiger partial charge in [-0.3, -0.25) is 14.3 Å². The molecule has 1 N–H and O–H groups in total. The fraction of sp³-hybridized carbons (Fsp3) is 0.455. The number of hydrogen-bond donors (Lipinski definition) is 1. The van der Waals surface area contributed by atoms with Gasteiger partial charge >= 0.3 is 5.97 Å². The first kappa shape index (κ1) is 23.7. The Labute approximate surface area is 191 Å². The van der Waals surface area contributed by atoms with E-state index < -0.39 is 17.4 Å². The summed E-state index contributed by atoms with van der Waals surface area (Å²) in [5, 5.41) is 7.70. The minimum absolute atomic E-state index is 0.0337. The number of rotatable bonds is 9. The van der Waals surface area contributed by atoms with Crippen LogP contribution in [0.4, 0.5) is 0 Å². The second-order valence-electron chi connectivity index (χ2n) is 7.69. The molecule has 172 valence electrons. The van der Waals surface area contributed by atoms with E-state index in [1.54, 1.807) is 33.1 Å². The molecule has 9 nitrogen and oxygen atoms in total. The van der Waals surface area contributed by atoms with Crippen LogP contribution in [0.15, 0.2) is 30.3 Å². The summed E-state index contributed by atoms with van der Waals surface area (Å²) in [5.41, 5.74) is -0.146. The molecular weight excluding hydrogens is 436 g/mol. The Morgan fingerprint density at radius 3 is 2.66 bits per heavy atom. The van der Waals surface area contributed by atoms with Gasteiger partial charge in [0.25, 0.3) is 5.91 Å². The van der Waals surface area contributed by atoms with Gasteiger partial charge in [0.2, 0.25) is 5.91 Å². The number of esters is 1. The average molecular weight is 463 g/mol. The van der Waals surface area contributed by atoms with Crippen LogP contribution >= 0.6 is 11.6 Å². The minimum atomic E-state index is -1.23. The van der Waals surface area contributed by atoms with Gasteiger partial charge in [-0.1, -0.05) is 23.7 Å². The second-order valence-corrected chi connectivity index (χ2v) is 8.12. The van der Waals surface area contributed by atoms with Crippen molar-refractivity contribution in [2.45, 2.75) is 38.9 Å². The summed E-state index contributed by atoms with van der Waals surface area (Å²) < 4.78 is 11.4. The van der Waals surface area contributed by atoms with Crippen LogP contribution in [0.25, 0.3) is 0 Å². The Balaban J connectivity index is 1.94. The van der Waals surface area contributed by atoms with Crippen molar-refractivity contribution in [1.29, 1.82) is 0 Å². The van der Waals surface area contributed by atoms with Gasteiger partial charge in [-0.15, -0.1) is 0 Å². The first-order valence-electron chi connectivity index (χ1n) is 10.4. The van der Waals surface area contributed by atoms with Gasteiger partial charge in [0.15, 0.2) is 5.69 Å². The van der Waals surface area contributed by atoms with E-state index >= 15 is 0 Å². The van der Waals surface area contributed by atoms with Crippen LogP contribution < -0.4 is 5.32 Å². The normalized spacial score (nSPS) is 17.8. The van der Waals surface area contributed by atoms with E-state index in [9.17, 15) is 14.4 Å². The number of aromatic nitrogens is 2. The first-order chi connectivity index (χ1) is 15.3. The summed E-state index contributed by atoms with van der Waals surface area (Å²) in [6.07, 6.45) is 0.642. The smallest absolute Gasteiger partial charge is 0.358 e. The molecule has 2 heterocycles. The topological polar surface area (TPSA) is 103 Å². The highest BCUT2D eigenvalue weighted by Gasteiger charge is 2.48. The molecular formula is C22H27ClN4O5. The quantitative estimate of drug-likeness (QED) is 0.453. The monoisotopic (exact) mass is 462 g/mol. The molecule has 10 heteroatoms. The van der Waals surface area contributed by atoms with Crippen LogP contribution in [0.2, 0.25) is 5.02 Å². The summed E-state index contributed by atoms with van der Waals surface area (Å²) in [5.74, 6) is -1.32. The largest absolute Gasteiger partial charge is 0.461 e. The minimum Gasteiger partial charge on any atom is -0.461 e. The zero-order valence-corrected chi connectivity index (χ0v) is 19.1. The van der Waals surface area contributed by atoms with Gasteiger partial charge in [0.05, 0.1) is 13.2 Å². The number of fused-ring (bicyclic) bond motifs is 1. The highest BCUT2D eigenvalue weighted by Crippen LogP contribution is 2.30. The maximum absolute atomic E-state index is 13.5. The molecule has 0 saturated heterocycles. The van der Waals surface area contributed by atoms with E-state index in [1.807, 2.05) is 12.1 Å². The van der Waals surface area contributed by atoms with Gasteiger partial charge in [0, 0.05) is 37.9 Å². The predicted octanol–water partition coefficient (Wildman–Crippen LogP) is 2.28. The molecule has 3 rings (SSSR count). The number of halogens is 1. The van der Waals surface area contributed by atoms with Crippen molar-refractivity contribution in [1.82, 2.24) is 20.0 Å². The molecule has 0 radical (unpaired) electrons. The van der Waals surface area contributed by atoms with Gasteiger partial charge in [-0.25, -0.2) is 4.79 Å². The van der Waals surface area contributed by atoms with Gasteiger partial charge in [-0.05, 0) is 38.0 Å². The van der Waals surface area contributed by atoms with Crippen molar-refractivity contribution in [3.63, 3.8) is 0 Å². The lowest BCUT2D eigenvalue weighted by Crippen LogP contribution is -2.63. The number of nitrogens with zero attached hydrogens (tertiary/aromatic N) is 3. The predicted molar refractivity (Wildman–Crippen MR) is 117 cm³/mol. The van der Waals surface area contributed by atoms with Crippen LogP contribution in [0.1, 0.15) is 46.8 Å². The number of nitrogens with one attached hydrogen (secondary N) is 1. The number of ether oxygens (including phenoxy) is 2. The summed E-state index contributed by atoms with van der Waals surface area (Å²) in [6, 6.07) is 8.49. The third-order valence-corrected chi connectivity index (χ3v) is 5.59. The average Bonchev–Trinajstić information content (AvgIpc) is 3.19. The molecule has 0 spiro atoms. The summed E-state index contributed by atoms with van der Waals surface area (Å²) >= 11 is 5.99. The molecule has 0 bridgehead atoms. The summed E-state index contributed by atoms with van der Waals surface area (Å²) in [4.78, 5) is 40.4. The van der Waals surface area contributed by atoms with Gasteiger partial charge in [-0.2, -0.15) is 5.10 Å². The molecule has 1 aromatic carbocycles. The molecule has 0 aliphatic carbocycles. The first-order valence-corrected chi connectivity index (χ1v) is 10.8. The highest BCUT2D eigenvalue weighted by molar-refractivity contribution is 6.30. The fourth-order valence-corrected chi connectivity index (χ4v) is 3.70. The molecule has 0 unspecified atom stereocenters. The van der Waals surface area contributed by atoms with E-state index in [1.165, 1.54) is 15.6 Å². The Hall–Kier alpha value is -2.91. The third-order valence-electron chi connectivity index (χ3n) is 5.34. The van der Waals surface area contributed by atoms with Crippen LogP contribution in [0, 0.1) is 0 Å². The molecule has 2 aromatic rings. The van der Waals surface area contributed by atoms with Gasteiger partial charge < -0.3 is 19.7 Å². The molecule has 1 aliphatic rings. The lowest BCUT2D eigenvalue weighted by Gasteiger charge is -2.43. The Morgan fingerprint density at radius 2 is 2.00 bits per heavy atom. The van der Waals surface area contributed by atoms with E-state index in [2.05, 4.69) is 10.4 Å². The van der Waals surface area contributed by atoms with Crippen molar-refractivity contribution in [2.24, 2.45) is 0 Å². The van der Waals surface area contributed by atoms with Crippen molar-refractivity contribution in [2.75, 3.05) is 26.9 Å². The maximum atomic E-state index is 13.5. The maximum Gasteiger partial charge on any atom is 0.358 e. The summed E-state index contributed by atoms with van der Waals surface area (Å²) in [6.45, 7) is 4.79. The SMILES string of the molecule is CCOC(=O)c1cc2n(n1)C[C@@](C)(C(=O)NCCCOC)N(Cc1ccc(Cl)cc1)C2=O. The lowest BCUT2D eigenvalue weighted by atomic mass is 9.94. The molecule has 0 saturated carbocycles. The number of hydrogen-bond acceptors (Lipinski definition) is 6. The van der Waals surface area contributed by atoms with Gasteiger partial charge in [0.1, 0.15) is 11.2 Å². The Bertz CT molecular complexity index is 991. The summed E-state index contributed by atoms with van der Waals surface area (Å²) in [7, 11) is 1.59. The Kier molecular flexibility index (Phi) is 7.52. The van der Waals surface area contributed by atoms with Crippen LogP contribution in [-0.2, 0) is 27.4 Å². The molecule has 0 fully saturated rings. The van der Waals surface area contributed by atoms with E-state index in [0.29, 0.717) is 24.6 Å². The lowest BCUT2D eigenvalue weighted by molar-refractivity contribution is -0.133.